The van der Waals surface area contributed by atoms with Crippen LogP contribution in [0.4, 0.5) is 5.82 Å². The van der Waals surface area contributed by atoms with Crippen molar-refractivity contribution in [3.63, 3.8) is 0 Å². The predicted octanol–water partition coefficient (Wildman–Crippen LogP) is 0.490. The minimum atomic E-state index is -4.83. The lowest BCUT2D eigenvalue weighted by Gasteiger charge is -2.21. The van der Waals surface area contributed by atoms with Gasteiger partial charge in [0.05, 0.1) is 11.1 Å². The summed E-state index contributed by atoms with van der Waals surface area (Å²) in [5.41, 5.74) is -1.01. The quantitative estimate of drug-likeness (QED) is 0.298. The first-order valence-corrected chi connectivity index (χ1v) is 15.0. The maximum atomic E-state index is 12.2. The topological polar surface area (TPSA) is 175 Å². The SMILES string of the molecule is O=P(O)(O)CS(=O)(=O)C[C@H]1O[C@@H](n2ccc3c(N4CC5CCCC5C4)nc(Cl)nc32)[C@H](O)[C@@H]1O. The van der Waals surface area contributed by atoms with Crippen LogP contribution in [-0.4, -0.2) is 85.6 Å². The number of sulfone groups is 1. The van der Waals surface area contributed by atoms with Crippen LogP contribution in [0.2, 0.25) is 5.28 Å². The number of hydrogen-bond acceptors (Lipinski definition) is 9. The summed E-state index contributed by atoms with van der Waals surface area (Å²) < 4.78 is 42.6. The maximum absolute atomic E-state index is 12.2. The van der Waals surface area contributed by atoms with E-state index < -0.39 is 53.2 Å². The molecule has 0 bridgehead atoms. The third-order valence-corrected chi connectivity index (χ3v) is 10.9. The van der Waals surface area contributed by atoms with Gasteiger partial charge in [0.1, 0.15) is 29.8 Å². The molecule has 1 saturated carbocycles. The molecule has 3 aliphatic rings. The van der Waals surface area contributed by atoms with Crippen molar-refractivity contribution in [3.05, 3.63) is 17.5 Å². The monoisotopic (exact) mass is 536 g/mol. The van der Waals surface area contributed by atoms with Crippen LogP contribution in [0.25, 0.3) is 11.0 Å². The number of nitrogens with zero attached hydrogens (tertiary/aromatic N) is 4. The fourth-order valence-electron chi connectivity index (χ4n) is 5.50. The highest BCUT2D eigenvalue weighted by Crippen LogP contribution is 2.42. The van der Waals surface area contributed by atoms with Gasteiger partial charge in [-0.2, -0.15) is 9.97 Å². The summed E-state index contributed by atoms with van der Waals surface area (Å²) in [6, 6.07) is 1.76. The highest BCUT2D eigenvalue weighted by molar-refractivity contribution is 7.97. The van der Waals surface area contributed by atoms with Crippen LogP contribution >= 0.6 is 19.2 Å². The molecule has 2 aliphatic heterocycles. The Morgan fingerprint density at radius 1 is 1.15 bits per heavy atom. The van der Waals surface area contributed by atoms with Gasteiger partial charge in [0, 0.05) is 19.3 Å². The average Bonchev–Trinajstić information content (AvgIpc) is 3.45. The average molecular weight is 537 g/mol. The number of ether oxygens (including phenoxy) is 1. The second-order valence-corrected chi connectivity index (χ2v) is 13.9. The van der Waals surface area contributed by atoms with Crippen LogP contribution in [-0.2, 0) is 19.1 Å². The Bertz CT molecular complexity index is 1240. The lowest BCUT2D eigenvalue weighted by Crippen LogP contribution is -2.35. The van der Waals surface area contributed by atoms with Crippen LogP contribution in [0.15, 0.2) is 12.3 Å². The van der Waals surface area contributed by atoms with E-state index in [2.05, 4.69) is 14.9 Å². The molecule has 4 N–H and O–H groups in total. The smallest absolute Gasteiger partial charge is 0.340 e. The summed E-state index contributed by atoms with van der Waals surface area (Å²) in [5.74, 6) is 1.06. The molecule has 2 saturated heterocycles. The van der Waals surface area contributed by atoms with Gasteiger partial charge >= 0.3 is 7.60 Å². The van der Waals surface area contributed by atoms with Crippen molar-refractivity contribution >= 4 is 45.9 Å². The number of fused-ring (bicyclic) bond motifs is 2. The molecule has 3 fully saturated rings. The van der Waals surface area contributed by atoms with Crippen molar-refractivity contribution in [2.75, 3.05) is 29.2 Å². The van der Waals surface area contributed by atoms with E-state index in [1.165, 1.54) is 23.8 Å². The molecule has 2 aromatic heterocycles. The lowest BCUT2D eigenvalue weighted by atomic mass is 10.0. The summed E-state index contributed by atoms with van der Waals surface area (Å²) in [6.07, 6.45) is -0.443. The van der Waals surface area contributed by atoms with Crippen molar-refractivity contribution < 1.29 is 37.7 Å². The molecule has 2 aromatic rings. The van der Waals surface area contributed by atoms with Crippen molar-refractivity contribution in [1.82, 2.24) is 14.5 Å². The molecule has 15 heteroatoms. The zero-order chi connectivity index (χ0) is 24.4. The summed E-state index contributed by atoms with van der Waals surface area (Å²) in [4.78, 5) is 28.9. The molecule has 4 heterocycles. The van der Waals surface area contributed by atoms with E-state index in [9.17, 15) is 23.2 Å². The van der Waals surface area contributed by atoms with Gasteiger partial charge in [-0.1, -0.05) is 6.42 Å². The third-order valence-electron chi connectivity index (χ3n) is 6.94. The summed E-state index contributed by atoms with van der Waals surface area (Å²) in [6.45, 7) is 1.75. The van der Waals surface area contributed by atoms with E-state index in [-0.39, 0.29) is 5.28 Å². The number of anilines is 1. The summed E-state index contributed by atoms with van der Waals surface area (Å²) in [7, 11) is -9.10. The fraction of sp³-hybridized carbons (Fsp3) is 0.684. The molecular formula is C19H26ClN4O8PS. The number of aromatic nitrogens is 3. The highest BCUT2D eigenvalue weighted by atomic mass is 35.5. The van der Waals surface area contributed by atoms with Gasteiger partial charge in [0.2, 0.25) is 5.28 Å². The van der Waals surface area contributed by atoms with Crippen LogP contribution in [0.3, 0.4) is 0 Å². The van der Waals surface area contributed by atoms with E-state index in [1.54, 1.807) is 12.3 Å². The van der Waals surface area contributed by atoms with Crippen molar-refractivity contribution in [1.29, 1.82) is 0 Å². The number of hydrogen-bond donors (Lipinski definition) is 4. The van der Waals surface area contributed by atoms with E-state index in [1.807, 2.05) is 0 Å². The molecule has 188 valence electrons. The Morgan fingerprint density at radius 3 is 2.47 bits per heavy atom. The van der Waals surface area contributed by atoms with Crippen LogP contribution in [0.1, 0.15) is 25.5 Å². The Morgan fingerprint density at radius 2 is 1.82 bits per heavy atom. The third kappa shape index (κ3) is 4.60. The zero-order valence-electron chi connectivity index (χ0n) is 18.0. The van der Waals surface area contributed by atoms with Crippen LogP contribution < -0.4 is 4.90 Å². The molecule has 1 aliphatic carbocycles. The van der Waals surface area contributed by atoms with Crippen molar-refractivity contribution in [2.24, 2.45) is 11.8 Å². The van der Waals surface area contributed by atoms with Gasteiger partial charge in [-0.3, -0.25) is 4.57 Å². The van der Waals surface area contributed by atoms with Gasteiger partial charge < -0.3 is 34.2 Å². The maximum Gasteiger partial charge on any atom is 0.340 e. The van der Waals surface area contributed by atoms with E-state index >= 15 is 0 Å². The number of rotatable bonds is 6. The standard InChI is InChI=1S/C19H26ClN4O8PS/c20-19-21-16(23-6-10-2-1-3-11(10)7-23)12-4-5-24(17(12)22-19)18-15(26)14(25)13(32-18)8-34(30,31)9-33(27,28)29/h4-5,10-11,13-15,18,25-26H,1-3,6-9H2,(H2,27,28,29)/t10?,11?,13-,14-,15-,18-/m1/s1. The van der Waals surface area contributed by atoms with Crippen molar-refractivity contribution in [3.8, 4) is 0 Å². The second kappa shape index (κ2) is 8.67. The molecule has 12 nitrogen and oxygen atoms in total. The van der Waals surface area contributed by atoms with Crippen molar-refractivity contribution in [2.45, 2.75) is 43.8 Å². The van der Waals surface area contributed by atoms with Gasteiger partial charge in [0.25, 0.3) is 0 Å². The van der Waals surface area contributed by atoms with Gasteiger partial charge in [0.15, 0.2) is 21.6 Å². The van der Waals surface area contributed by atoms with E-state index in [4.69, 9.17) is 26.1 Å². The van der Waals surface area contributed by atoms with Gasteiger partial charge in [-0.15, -0.1) is 0 Å². The predicted molar refractivity (Wildman–Crippen MR) is 122 cm³/mol. The van der Waals surface area contributed by atoms with E-state index in [0.29, 0.717) is 28.7 Å². The fourth-order valence-corrected chi connectivity index (χ4v) is 8.91. The van der Waals surface area contributed by atoms with Gasteiger partial charge in [-0.05, 0) is 42.3 Å². The lowest BCUT2D eigenvalue weighted by molar-refractivity contribution is -0.0288. The number of aliphatic hydroxyl groups excluding tert-OH is 2. The number of aliphatic hydroxyl groups is 2. The first-order chi connectivity index (χ1) is 15.9. The molecule has 0 aromatic carbocycles. The number of halogens is 1. The van der Waals surface area contributed by atoms with Gasteiger partial charge in [-0.25, -0.2) is 8.42 Å². The molecule has 2 unspecified atom stereocenters. The Balaban J connectivity index is 1.42. The Hall–Kier alpha value is -1.31. The summed E-state index contributed by atoms with van der Waals surface area (Å²) in [5, 5.41) is 21.7. The Kier molecular flexibility index (Phi) is 6.22. The Labute approximate surface area is 200 Å². The first-order valence-electron chi connectivity index (χ1n) is 11.0. The zero-order valence-corrected chi connectivity index (χ0v) is 20.5. The normalized spacial score (nSPS) is 32.1. The molecule has 34 heavy (non-hydrogen) atoms. The second-order valence-electron chi connectivity index (χ2n) is 9.38. The van der Waals surface area contributed by atoms with E-state index in [0.717, 1.165) is 13.1 Å². The van der Waals surface area contributed by atoms with Crippen LogP contribution in [0.5, 0.6) is 0 Å². The van der Waals surface area contributed by atoms with Crippen LogP contribution in [0, 0.1) is 11.8 Å². The molecule has 5 rings (SSSR count). The minimum absolute atomic E-state index is 0.00770. The molecule has 0 radical (unpaired) electrons. The molecule has 6 atom stereocenters. The first kappa shape index (κ1) is 24.4. The highest BCUT2D eigenvalue weighted by Gasteiger charge is 2.46. The summed E-state index contributed by atoms with van der Waals surface area (Å²) >= 11 is 6.23. The minimum Gasteiger partial charge on any atom is -0.387 e. The molecule has 0 spiro atoms. The largest absolute Gasteiger partial charge is 0.387 e. The molecule has 0 amide bonds. The molecular weight excluding hydrogens is 511 g/mol.